The zero-order chi connectivity index (χ0) is 11.4. The monoisotopic (exact) mass is 222 g/mol. The molecule has 1 heteroatoms. The largest absolute Gasteiger partial charge is 0.213 e. The van der Waals surface area contributed by atoms with Crippen molar-refractivity contribution in [1.82, 2.24) is 0 Å². The third-order valence-electron chi connectivity index (χ3n) is 4.21. The Hall–Kier alpha value is -1.63. The molecule has 2 aromatic rings. The highest BCUT2D eigenvalue weighted by Crippen LogP contribution is 2.38. The lowest BCUT2D eigenvalue weighted by Crippen LogP contribution is -2.36. The summed E-state index contributed by atoms with van der Waals surface area (Å²) in [4.78, 5) is 0. The number of allylic oxidation sites excluding steroid dienone is 2. The predicted octanol–water partition coefficient (Wildman–Crippen LogP) is 3.39. The fourth-order valence-corrected chi connectivity index (χ4v) is 3.51. The molecule has 0 N–H and O–H groups in total. The summed E-state index contributed by atoms with van der Waals surface area (Å²) in [5.74, 6) is 0. The number of benzene rings is 1. The summed E-state index contributed by atoms with van der Waals surface area (Å²) in [6, 6.07) is 11.1. The van der Waals surface area contributed by atoms with E-state index in [2.05, 4.69) is 41.8 Å². The van der Waals surface area contributed by atoms with Crippen LogP contribution in [0.3, 0.4) is 0 Å². The summed E-state index contributed by atoms with van der Waals surface area (Å²) in [6.45, 7) is 3.39. The van der Waals surface area contributed by atoms with Crippen molar-refractivity contribution in [2.24, 2.45) is 0 Å². The molecule has 0 bridgehead atoms. The minimum absolute atomic E-state index is 1.13. The van der Waals surface area contributed by atoms with Gasteiger partial charge in [0, 0.05) is 28.2 Å². The van der Waals surface area contributed by atoms with Crippen molar-refractivity contribution in [3.8, 4) is 0 Å². The second kappa shape index (κ2) is 3.19. The lowest BCUT2D eigenvalue weighted by Gasteiger charge is -2.05. The van der Waals surface area contributed by atoms with Gasteiger partial charge in [-0.1, -0.05) is 12.1 Å². The molecule has 1 aliphatic carbocycles. The maximum atomic E-state index is 2.52. The number of hydrogen-bond donors (Lipinski definition) is 0. The van der Waals surface area contributed by atoms with Gasteiger partial charge in [-0.05, 0) is 38.3 Å². The Morgan fingerprint density at radius 2 is 2.00 bits per heavy atom. The summed E-state index contributed by atoms with van der Waals surface area (Å²) >= 11 is 0. The molecule has 1 aromatic carbocycles. The Balaban J connectivity index is 2.09. The van der Waals surface area contributed by atoms with Crippen LogP contribution in [0.15, 0.2) is 35.9 Å². The average Bonchev–Trinajstić information content (AvgIpc) is 2.88. The summed E-state index contributed by atoms with van der Waals surface area (Å²) in [7, 11) is 0. The second-order valence-electron chi connectivity index (χ2n) is 5.26. The molecule has 1 aliphatic heterocycles. The SMILES string of the molecule is Cc1cc2ccccc2[n+]2c1C1=C(CCC1)C2. The van der Waals surface area contributed by atoms with Crippen molar-refractivity contribution in [2.75, 3.05) is 0 Å². The number of fused-ring (bicyclic) bond motifs is 4. The Morgan fingerprint density at radius 3 is 2.94 bits per heavy atom. The number of rotatable bonds is 0. The highest BCUT2D eigenvalue weighted by molar-refractivity contribution is 5.80. The van der Waals surface area contributed by atoms with Gasteiger partial charge in [-0.25, -0.2) is 0 Å². The van der Waals surface area contributed by atoms with Gasteiger partial charge < -0.3 is 0 Å². The Morgan fingerprint density at radius 1 is 1.12 bits per heavy atom. The molecule has 0 amide bonds. The van der Waals surface area contributed by atoms with Crippen LogP contribution in [-0.4, -0.2) is 0 Å². The summed E-state index contributed by atoms with van der Waals surface area (Å²) < 4.78 is 2.52. The topological polar surface area (TPSA) is 3.88 Å². The van der Waals surface area contributed by atoms with Crippen molar-refractivity contribution in [1.29, 1.82) is 0 Å². The highest BCUT2D eigenvalue weighted by Gasteiger charge is 2.34. The van der Waals surface area contributed by atoms with Gasteiger partial charge in [0.2, 0.25) is 11.2 Å². The molecule has 0 fully saturated rings. The average molecular weight is 222 g/mol. The van der Waals surface area contributed by atoms with Crippen LogP contribution in [0.1, 0.15) is 30.5 Å². The van der Waals surface area contributed by atoms with Gasteiger partial charge in [0.15, 0.2) is 6.54 Å². The molecule has 0 atom stereocenters. The van der Waals surface area contributed by atoms with Gasteiger partial charge in [-0.15, -0.1) is 0 Å². The Labute approximate surface area is 101 Å². The first kappa shape index (κ1) is 9.41. The highest BCUT2D eigenvalue weighted by atomic mass is 15.0. The number of pyridine rings is 1. The molecule has 17 heavy (non-hydrogen) atoms. The van der Waals surface area contributed by atoms with Crippen LogP contribution in [0.4, 0.5) is 0 Å². The fourth-order valence-electron chi connectivity index (χ4n) is 3.51. The van der Waals surface area contributed by atoms with E-state index in [1.54, 1.807) is 11.1 Å². The molecular formula is C16H16N+. The van der Waals surface area contributed by atoms with Crippen LogP contribution < -0.4 is 4.57 Å². The number of nitrogens with zero attached hydrogens (tertiary/aromatic N) is 1. The summed E-state index contributed by atoms with van der Waals surface area (Å²) in [6.07, 6.45) is 3.95. The van der Waals surface area contributed by atoms with E-state index in [1.807, 2.05) is 0 Å². The maximum absolute atomic E-state index is 2.52. The van der Waals surface area contributed by atoms with E-state index >= 15 is 0 Å². The van der Waals surface area contributed by atoms with Crippen LogP contribution in [-0.2, 0) is 6.54 Å². The molecule has 0 spiro atoms. The smallest absolute Gasteiger partial charge is 0.187 e. The molecular weight excluding hydrogens is 206 g/mol. The lowest BCUT2D eigenvalue weighted by molar-refractivity contribution is -0.661. The number of para-hydroxylation sites is 1. The first-order valence-electron chi connectivity index (χ1n) is 6.48. The molecule has 0 radical (unpaired) electrons. The molecule has 2 heterocycles. The van der Waals surface area contributed by atoms with Gasteiger partial charge in [0.25, 0.3) is 0 Å². The van der Waals surface area contributed by atoms with E-state index in [4.69, 9.17) is 0 Å². The molecule has 4 rings (SSSR count). The third-order valence-corrected chi connectivity index (χ3v) is 4.21. The lowest BCUT2D eigenvalue weighted by atomic mass is 10.0. The molecule has 0 saturated carbocycles. The van der Waals surface area contributed by atoms with Crippen molar-refractivity contribution in [3.63, 3.8) is 0 Å². The van der Waals surface area contributed by atoms with E-state index < -0.39 is 0 Å². The van der Waals surface area contributed by atoms with E-state index in [1.165, 1.54) is 41.4 Å². The van der Waals surface area contributed by atoms with E-state index in [0.717, 1.165) is 6.54 Å². The van der Waals surface area contributed by atoms with E-state index in [0.29, 0.717) is 0 Å². The van der Waals surface area contributed by atoms with Crippen LogP contribution in [0, 0.1) is 6.92 Å². The molecule has 0 saturated heterocycles. The first-order chi connectivity index (χ1) is 8.34. The van der Waals surface area contributed by atoms with Crippen molar-refractivity contribution in [2.45, 2.75) is 32.7 Å². The van der Waals surface area contributed by atoms with Crippen molar-refractivity contribution >= 4 is 16.5 Å². The second-order valence-corrected chi connectivity index (χ2v) is 5.26. The van der Waals surface area contributed by atoms with E-state index in [-0.39, 0.29) is 0 Å². The van der Waals surface area contributed by atoms with Crippen LogP contribution in [0.5, 0.6) is 0 Å². The first-order valence-corrected chi connectivity index (χ1v) is 6.48. The minimum atomic E-state index is 1.13. The maximum Gasteiger partial charge on any atom is 0.213 e. The van der Waals surface area contributed by atoms with Gasteiger partial charge in [0.1, 0.15) is 0 Å². The van der Waals surface area contributed by atoms with Crippen LogP contribution >= 0.6 is 0 Å². The van der Waals surface area contributed by atoms with Crippen molar-refractivity contribution in [3.05, 3.63) is 47.2 Å². The summed E-state index contributed by atoms with van der Waals surface area (Å²) in [5.41, 5.74) is 7.67. The number of aromatic nitrogens is 1. The number of hydrogen-bond acceptors (Lipinski definition) is 0. The molecule has 1 nitrogen and oxygen atoms in total. The third kappa shape index (κ3) is 1.17. The van der Waals surface area contributed by atoms with Gasteiger partial charge in [-0.2, -0.15) is 4.57 Å². The Bertz CT molecular complexity index is 665. The Kier molecular flexibility index (Phi) is 1.77. The normalized spacial score (nSPS) is 17.7. The zero-order valence-corrected chi connectivity index (χ0v) is 10.2. The number of aryl methyl sites for hydroxylation is 1. The standard InChI is InChI=1S/C16H16N/c1-11-9-12-5-2-3-8-15(12)17-10-13-6-4-7-14(13)16(11)17/h2-3,5,8-9H,4,6-7,10H2,1H3/q+1. The molecule has 84 valence electrons. The van der Waals surface area contributed by atoms with E-state index in [9.17, 15) is 0 Å². The van der Waals surface area contributed by atoms with Crippen LogP contribution in [0.2, 0.25) is 0 Å². The van der Waals surface area contributed by atoms with Gasteiger partial charge >= 0.3 is 0 Å². The van der Waals surface area contributed by atoms with Gasteiger partial charge in [0.05, 0.1) is 0 Å². The zero-order valence-electron chi connectivity index (χ0n) is 10.2. The molecule has 1 aromatic heterocycles. The molecule has 0 unspecified atom stereocenters. The van der Waals surface area contributed by atoms with Crippen LogP contribution in [0.25, 0.3) is 16.5 Å². The summed E-state index contributed by atoms with van der Waals surface area (Å²) in [5, 5.41) is 1.37. The minimum Gasteiger partial charge on any atom is -0.187 e. The predicted molar refractivity (Wildman–Crippen MR) is 69.7 cm³/mol. The quantitative estimate of drug-likeness (QED) is 0.602. The fraction of sp³-hybridized carbons (Fsp3) is 0.312. The van der Waals surface area contributed by atoms with Crippen molar-refractivity contribution < 1.29 is 4.57 Å². The molecule has 2 aliphatic rings. The van der Waals surface area contributed by atoms with Gasteiger partial charge in [-0.3, -0.25) is 0 Å².